The molecule has 0 saturated carbocycles. The number of nitrogens with zero attached hydrogens (tertiary/aromatic N) is 3. The number of benzene rings is 9. The van der Waals surface area contributed by atoms with Crippen molar-refractivity contribution in [1.29, 1.82) is 0 Å². The Morgan fingerprint density at radius 2 is 0.762 bits per heavy atom. The van der Waals surface area contributed by atoms with Crippen LogP contribution in [0.25, 0.3) is 88.1 Å². The summed E-state index contributed by atoms with van der Waals surface area (Å²) < 4.78 is 5.38. The molecule has 63 heavy (non-hydrogen) atoms. The van der Waals surface area contributed by atoms with Gasteiger partial charge in [-0.15, -0.1) is 0 Å². The Hall–Kier alpha value is -7.88. The van der Waals surface area contributed by atoms with E-state index in [2.05, 4.69) is 240 Å². The standard InChI is InChI=1S/C60H41N3/c1-59(2)34-35-61(38-18-4-3-5-19-38)56-37-48-46-27-17-29-50-58(46)57-45(39-20-6-7-21-40(39)47(48)36-51(56)59)26-16-28-49(57)60(50,62-52-30-12-8-22-41(52)42-23-9-13-31-53(42)62)63-54-32-14-10-24-43(54)44-25-11-15-33-55(44)63/h3-37H,1-2H3. The minimum absolute atomic E-state index is 0.182. The van der Waals surface area contributed by atoms with E-state index in [0.717, 1.165) is 5.69 Å². The summed E-state index contributed by atoms with van der Waals surface area (Å²) in [6.45, 7) is 4.69. The molecule has 0 fully saturated rings. The van der Waals surface area contributed by atoms with E-state index in [-0.39, 0.29) is 5.41 Å². The summed E-state index contributed by atoms with van der Waals surface area (Å²) in [4.78, 5) is 2.38. The van der Waals surface area contributed by atoms with Gasteiger partial charge in [-0.2, -0.15) is 0 Å². The Morgan fingerprint density at radius 1 is 0.349 bits per heavy atom. The maximum atomic E-state index is 2.69. The average Bonchev–Trinajstić information content (AvgIpc) is 3.95. The van der Waals surface area contributed by atoms with Crippen LogP contribution in [-0.2, 0) is 11.1 Å². The molecule has 0 unspecified atom stereocenters. The van der Waals surface area contributed by atoms with Crippen molar-refractivity contribution in [2.45, 2.75) is 24.9 Å². The van der Waals surface area contributed by atoms with Gasteiger partial charge in [0.2, 0.25) is 0 Å². The fourth-order valence-corrected chi connectivity index (χ4v) is 11.9. The normalized spacial score (nSPS) is 15.0. The molecule has 3 heteroatoms. The molecule has 2 aromatic heterocycles. The summed E-state index contributed by atoms with van der Waals surface area (Å²) in [5, 5.41) is 5.00. The van der Waals surface area contributed by atoms with E-state index < -0.39 is 5.66 Å². The topological polar surface area (TPSA) is 13.1 Å². The highest BCUT2D eigenvalue weighted by atomic mass is 15.3. The molecule has 2 aliphatic carbocycles. The quantitative estimate of drug-likeness (QED) is 0.173. The predicted octanol–water partition coefficient (Wildman–Crippen LogP) is 15.4. The summed E-state index contributed by atoms with van der Waals surface area (Å²) in [5.41, 5.74) is 20.1. The number of fused-ring (bicyclic) bond motifs is 12. The summed E-state index contributed by atoms with van der Waals surface area (Å²) in [6.07, 6.45) is 4.64. The first kappa shape index (κ1) is 34.8. The second-order valence-corrected chi connectivity index (χ2v) is 18.1. The van der Waals surface area contributed by atoms with Crippen molar-refractivity contribution in [3.63, 3.8) is 0 Å². The van der Waals surface area contributed by atoms with E-state index in [9.17, 15) is 0 Å². The van der Waals surface area contributed by atoms with Crippen LogP contribution >= 0.6 is 0 Å². The van der Waals surface area contributed by atoms with Crippen molar-refractivity contribution < 1.29 is 0 Å². The smallest absolute Gasteiger partial charge is 0.176 e. The van der Waals surface area contributed by atoms with Crippen molar-refractivity contribution in [3.05, 3.63) is 229 Å². The van der Waals surface area contributed by atoms with Gasteiger partial charge in [0.15, 0.2) is 5.66 Å². The molecule has 0 radical (unpaired) electrons. The van der Waals surface area contributed by atoms with Gasteiger partial charge >= 0.3 is 0 Å². The monoisotopic (exact) mass is 803 g/mol. The Balaban J connectivity index is 1.22. The Morgan fingerprint density at radius 3 is 1.29 bits per heavy atom. The first-order valence-electron chi connectivity index (χ1n) is 22.1. The molecule has 296 valence electrons. The highest BCUT2D eigenvalue weighted by Crippen LogP contribution is 2.62. The van der Waals surface area contributed by atoms with E-state index in [4.69, 9.17) is 0 Å². The van der Waals surface area contributed by atoms with Gasteiger partial charge in [0.1, 0.15) is 0 Å². The molecule has 0 amide bonds. The zero-order valence-electron chi connectivity index (χ0n) is 35.0. The lowest BCUT2D eigenvalue weighted by molar-refractivity contribution is 0.416. The van der Waals surface area contributed by atoms with Gasteiger partial charge in [-0.3, -0.25) is 0 Å². The molecule has 11 aromatic rings. The molecule has 0 saturated heterocycles. The number of rotatable bonds is 3. The zero-order chi connectivity index (χ0) is 41.6. The zero-order valence-corrected chi connectivity index (χ0v) is 35.0. The molecule has 0 atom stereocenters. The number of hydrogen-bond acceptors (Lipinski definition) is 1. The molecular weight excluding hydrogens is 763 g/mol. The van der Waals surface area contributed by atoms with Gasteiger partial charge in [-0.05, 0) is 98.6 Å². The second-order valence-electron chi connectivity index (χ2n) is 18.1. The highest BCUT2D eigenvalue weighted by molar-refractivity contribution is 6.14. The van der Waals surface area contributed by atoms with Crippen molar-refractivity contribution in [2.24, 2.45) is 0 Å². The van der Waals surface area contributed by atoms with Crippen molar-refractivity contribution in [2.75, 3.05) is 4.90 Å². The number of allylic oxidation sites excluding steroid dienone is 1. The van der Waals surface area contributed by atoms with Crippen LogP contribution in [0, 0.1) is 0 Å². The minimum atomic E-state index is -0.851. The summed E-state index contributed by atoms with van der Waals surface area (Å²) >= 11 is 0. The first-order chi connectivity index (χ1) is 31.0. The van der Waals surface area contributed by atoms with Crippen LogP contribution in [0.4, 0.5) is 11.4 Å². The maximum Gasteiger partial charge on any atom is 0.176 e. The van der Waals surface area contributed by atoms with Gasteiger partial charge in [0.05, 0.1) is 27.8 Å². The summed E-state index contributed by atoms with van der Waals surface area (Å²) in [5.74, 6) is 0. The number of para-hydroxylation sites is 5. The van der Waals surface area contributed by atoms with Gasteiger partial charge in [-0.25, -0.2) is 0 Å². The maximum absolute atomic E-state index is 2.69. The third-order valence-electron chi connectivity index (χ3n) is 14.5. The van der Waals surface area contributed by atoms with E-state index >= 15 is 0 Å². The molecule has 3 nitrogen and oxygen atoms in total. The Kier molecular flexibility index (Phi) is 6.83. The lowest BCUT2D eigenvalue weighted by Gasteiger charge is -2.39. The highest BCUT2D eigenvalue weighted by Gasteiger charge is 2.51. The molecule has 0 N–H and O–H groups in total. The van der Waals surface area contributed by atoms with E-state index in [1.807, 2.05) is 0 Å². The summed E-state index contributed by atoms with van der Waals surface area (Å²) in [6, 6.07) is 75.3. The van der Waals surface area contributed by atoms with Crippen LogP contribution < -0.4 is 4.90 Å². The second kappa shape index (κ2) is 12.4. The number of hydrogen-bond donors (Lipinski definition) is 0. The van der Waals surface area contributed by atoms with Crippen molar-refractivity contribution >= 4 is 55.0 Å². The summed E-state index contributed by atoms with van der Waals surface area (Å²) in [7, 11) is 0. The first-order valence-corrected chi connectivity index (χ1v) is 22.1. The molecular formula is C60H41N3. The number of aromatic nitrogens is 2. The molecule has 1 aliphatic heterocycles. The average molecular weight is 804 g/mol. The third kappa shape index (κ3) is 4.38. The van der Waals surface area contributed by atoms with Crippen LogP contribution in [0.3, 0.4) is 0 Å². The molecule has 3 heterocycles. The fraction of sp³-hybridized carbons (Fsp3) is 0.0667. The van der Waals surface area contributed by atoms with Gasteiger partial charge < -0.3 is 14.0 Å². The molecule has 0 bridgehead atoms. The van der Waals surface area contributed by atoms with Crippen LogP contribution in [0.1, 0.15) is 30.5 Å². The molecule has 14 rings (SSSR count). The van der Waals surface area contributed by atoms with Gasteiger partial charge in [0.25, 0.3) is 0 Å². The molecule has 3 aliphatic rings. The minimum Gasteiger partial charge on any atom is -0.317 e. The van der Waals surface area contributed by atoms with Crippen LogP contribution in [0.15, 0.2) is 212 Å². The van der Waals surface area contributed by atoms with E-state index in [1.165, 1.54) is 110 Å². The largest absolute Gasteiger partial charge is 0.317 e. The van der Waals surface area contributed by atoms with E-state index in [1.54, 1.807) is 0 Å². The Labute approximate surface area is 366 Å². The van der Waals surface area contributed by atoms with E-state index in [0.29, 0.717) is 0 Å². The van der Waals surface area contributed by atoms with Crippen molar-refractivity contribution in [3.8, 4) is 44.5 Å². The SMILES string of the molecule is CC1(C)C=CN(c2ccccc2)c2cc3c(cc21)-c1ccccc1-c1cccc2c1-c1c-3cccc1C2(n1c2ccccc2c2ccccc21)n1c2ccccc2c2ccccc21. The van der Waals surface area contributed by atoms with Crippen LogP contribution in [0.2, 0.25) is 0 Å². The van der Waals surface area contributed by atoms with Crippen LogP contribution in [-0.4, -0.2) is 9.13 Å². The van der Waals surface area contributed by atoms with Gasteiger partial charge in [-0.1, -0.05) is 172 Å². The molecule has 0 spiro atoms. The predicted molar refractivity (Wildman–Crippen MR) is 263 cm³/mol. The third-order valence-corrected chi connectivity index (χ3v) is 14.5. The Bertz CT molecular complexity index is 3560. The van der Waals surface area contributed by atoms with Gasteiger partial charge in [0, 0.05) is 50.0 Å². The lowest BCUT2D eigenvalue weighted by atomic mass is 9.75. The lowest BCUT2D eigenvalue weighted by Crippen LogP contribution is -2.41. The fourth-order valence-electron chi connectivity index (χ4n) is 11.9. The van der Waals surface area contributed by atoms with Crippen molar-refractivity contribution in [1.82, 2.24) is 9.13 Å². The number of anilines is 2. The molecule has 9 aromatic carbocycles. The van der Waals surface area contributed by atoms with Crippen LogP contribution in [0.5, 0.6) is 0 Å².